The van der Waals surface area contributed by atoms with E-state index in [2.05, 4.69) is 44.8 Å². The molecule has 0 amide bonds. The number of rotatable bonds is 3. The van der Waals surface area contributed by atoms with Crippen molar-refractivity contribution in [3.8, 4) is 0 Å². The number of hydrogen-bond acceptors (Lipinski definition) is 2. The summed E-state index contributed by atoms with van der Waals surface area (Å²) in [4.78, 5) is 10.9. The maximum Gasteiger partial charge on any atom is 0.193 e. The zero-order valence-electron chi connectivity index (χ0n) is 12.6. The second kappa shape index (κ2) is 8.49. The molecule has 1 aliphatic heterocycles. The van der Waals surface area contributed by atoms with E-state index in [-0.39, 0.29) is 24.0 Å². The predicted molar refractivity (Wildman–Crippen MR) is 93.7 cm³/mol. The van der Waals surface area contributed by atoms with Gasteiger partial charge in [0.15, 0.2) is 5.96 Å². The number of nitrogens with one attached hydrogen (secondary N) is 1. The summed E-state index contributed by atoms with van der Waals surface area (Å²) in [7, 11) is 1.86. The highest BCUT2D eigenvalue weighted by molar-refractivity contribution is 14.0. The summed E-state index contributed by atoms with van der Waals surface area (Å²) < 4.78 is 2.23. The second-order valence-corrected chi connectivity index (χ2v) is 5.26. The van der Waals surface area contributed by atoms with Crippen LogP contribution in [0, 0.1) is 5.92 Å². The first-order valence-corrected chi connectivity index (χ1v) is 7.19. The second-order valence-electron chi connectivity index (χ2n) is 5.26. The fourth-order valence-electron chi connectivity index (χ4n) is 2.66. The molecule has 2 rings (SSSR count). The molecule has 1 aliphatic rings. The van der Waals surface area contributed by atoms with Gasteiger partial charge in [0.05, 0.1) is 12.4 Å². The average molecular weight is 391 g/mol. The number of nitrogens with zero attached hydrogens (tertiary/aromatic N) is 4. The van der Waals surface area contributed by atoms with Gasteiger partial charge in [-0.3, -0.25) is 4.99 Å². The van der Waals surface area contributed by atoms with E-state index in [4.69, 9.17) is 0 Å². The van der Waals surface area contributed by atoms with E-state index in [1.165, 1.54) is 6.42 Å². The Morgan fingerprint density at radius 2 is 2.30 bits per heavy atom. The van der Waals surface area contributed by atoms with E-state index in [1.807, 2.05) is 19.6 Å². The molecule has 20 heavy (non-hydrogen) atoms. The van der Waals surface area contributed by atoms with Gasteiger partial charge in [0.1, 0.15) is 0 Å². The molecule has 0 bridgehead atoms. The highest BCUT2D eigenvalue weighted by Crippen LogP contribution is 2.27. The standard InChI is InChI=1S/C14H25N5.HI/c1-4-6-17-14(15-3)18-8-5-12(2)13(10-18)19-9-7-16-11-19;/h7,9,11-13H,4-6,8,10H2,1-3H3,(H,15,17);1H. The summed E-state index contributed by atoms with van der Waals surface area (Å²) in [5, 5.41) is 3.42. The van der Waals surface area contributed by atoms with Crippen LogP contribution in [-0.4, -0.2) is 47.1 Å². The third-order valence-electron chi connectivity index (χ3n) is 3.87. The van der Waals surface area contributed by atoms with Crippen LogP contribution in [0.25, 0.3) is 0 Å². The molecule has 2 atom stereocenters. The Balaban J connectivity index is 0.00000200. The normalized spacial score (nSPS) is 23.4. The fraction of sp³-hybridized carbons (Fsp3) is 0.714. The summed E-state index contributed by atoms with van der Waals surface area (Å²) in [6, 6.07) is 0.483. The topological polar surface area (TPSA) is 45.5 Å². The van der Waals surface area contributed by atoms with Gasteiger partial charge in [0, 0.05) is 39.1 Å². The van der Waals surface area contributed by atoms with E-state index in [9.17, 15) is 0 Å². The van der Waals surface area contributed by atoms with Crippen LogP contribution in [0.15, 0.2) is 23.7 Å². The zero-order chi connectivity index (χ0) is 13.7. The molecule has 0 saturated carbocycles. The minimum absolute atomic E-state index is 0. The Labute approximate surface area is 138 Å². The van der Waals surface area contributed by atoms with Gasteiger partial charge in [-0.2, -0.15) is 0 Å². The van der Waals surface area contributed by atoms with Gasteiger partial charge in [-0.1, -0.05) is 13.8 Å². The number of halogens is 1. The van der Waals surface area contributed by atoms with Crippen LogP contribution >= 0.6 is 24.0 Å². The monoisotopic (exact) mass is 391 g/mol. The summed E-state index contributed by atoms with van der Waals surface area (Å²) >= 11 is 0. The van der Waals surface area contributed by atoms with Crippen molar-refractivity contribution >= 4 is 29.9 Å². The van der Waals surface area contributed by atoms with E-state index in [0.29, 0.717) is 12.0 Å². The van der Waals surface area contributed by atoms with Gasteiger partial charge in [-0.05, 0) is 18.8 Å². The van der Waals surface area contributed by atoms with Crippen molar-refractivity contribution < 1.29 is 0 Å². The number of aromatic nitrogens is 2. The lowest BCUT2D eigenvalue weighted by atomic mass is 9.93. The molecule has 1 fully saturated rings. The fourth-order valence-corrected chi connectivity index (χ4v) is 2.66. The number of guanidine groups is 1. The molecule has 1 aromatic heterocycles. The number of piperidine rings is 1. The Bertz CT molecular complexity index is 404. The molecular weight excluding hydrogens is 365 g/mol. The van der Waals surface area contributed by atoms with E-state index < -0.39 is 0 Å². The minimum Gasteiger partial charge on any atom is -0.356 e. The van der Waals surface area contributed by atoms with Crippen LogP contribution < -0.4 is 5.32 Å². The molecule has 114 valence electrons. The van der Waals surface area contributed by atoms with Crippen LogP contribution in [-0.2, 0) is 0 Å². The van der Waals surface area contributed by atoms with Gasteiger partial charge in [0.25, 0.3) is 0 Å². The molecule has 0 aromatic carbocycles. The van der Waals surface area contributed by atoms with Crippen LogP contribution in [0.2, 0.25) is 0 Å². The Hall–Kier alpha value is -0.790. The highest BCUT2D eigenvalue weighted by Gasteiger charge is 2.28. The van der Waals surface area contributed by atoms with Crippen molar-refractivity contribution in [2.75, 3.05) is 26.7 Å². The van der Waals surface area contributed by atoms with Gasteiger partial charge in [-0.25, -0.2) is 4.98 Å². The van der Waals surface area contributed by atoms with Crippen LogP contribution in [0.1, 0.15) is 32.7 Å². The molecule has 1 saturated heterocycles. The highest BCUT2D eigenvalue weighted by atomic mass is 127. The first-order chi connectivity index (χ1) is 9.26. The summed E-state index contributed by atoms with van der Waals surface area (Å²) in [6.07, 6.45) is 8.15. The first-order valence-electron chi connectivity index (χ1n) is 7.19. The van der Waals surface area contributed by atoms with Crippen LogP contribution in [0.4, 0.5) is 0 Å². The van der Waals surface area contributed by atoms with Crippen molar-refractivity contribution in [1.29, 1.82) is 0 Å². The molecule has 0 spiro atoms. The third-order valence-corrected chi connectivity index (χ3v) is 3.87. The van der Waals surface area contributed by atoms with Gasteiger partial charge in [0.2, 0.25) is 0 Å². The largest absolute Gasteiger partial charge is 0.356 e. The molecule has 2 heterocycles. The Kier molecular flexibility index (Phi) is 7.32. The maximum absolute atomic E-state index is 4.40. The summed E-state index contributed by atoms with van der Waals surface area (Å²) in [5.74, 6) is 1.70. The molecule has 1 N–H and O–H groups in total. The minimum atomic E-state index is 0. The van der Waals surface area contributed by atoms with Gasteiger partial charge >= 0.3 is 0 Å². The molecule has 6 heteroatoms. The Morgan fingerprint density at radius 1 is 1.50 bits per heavy atom. The smallest absolute Gasteiger partial charge is 0.193 e. The Morgan fingerprint density at radius 3 is 2.90 bits per heavy atom. The molecule has 1 aromatic rings. The lowest BCUT2D eigenvalue weighted by molar-refractivity contribution is 0.189. The van der Waals surface area contributed by atoms with Crippen molar-refractivity contribution in [2.45, 2.75) is 32.7 Å². The van der Waals surface area contributed by atoms with Crippen molar-refractivity contribution in [2.24, 2.45) is 10.9 Å². The van der Waals surface area contributed by atoms with E-state index >= 15 is 0 Å². The van der Waals surface area contributed by atoms with Gasteiger partial charge in [-0.15, -0.1) is 24.0 Å². The number of aliphatic imine (C=N–C) groups is 1. The summed E-state index contributed by atoms with van der Waals surface area (Å²) in [6.45, 7) is 7.56. The van der Waals surface area contributed by atoms with Gasteiger partial charge < -0.3 is 14.8 Å². The lowest BCUT2D eigenvalue weighted by Crippen LogP contribution is -2.49. The SMILES string of the molecule is CCCNC(=NC)N1CCC(C)C(n2ccnc2)C1.I. The molecule has 0 radical (unpaired) electrons. The molecule has 5 nitrogen and oxygen atoms in total. The molecule has 0 aliphatic carbocycles. The third kappa shape index (κ3) is 4.10. The quantitative estimate of drug-likeness (QED) is 0.489. The molecular formula is C14H26IN5. The lowest BCUT2D eigenvalue weighted by Gasteiger charge is -2.39. The van der Waals surface area contributed by atoms with Crippen molar-refractivity contribution in [3.63, 3.8) is 0 Å². The van der Waals surface area contributed by atoms with Crippen LogP contribution in [0.3, 0.4) is 0 Å². The van der Waals surface area contributed by atoms with E-state index in [1.54, 1.807) is 0 Å². The number of hydrogen-bond donors (Lipinski definition) is 1. The van der Waals surface area contributed by atoms with Crippen molar-refractivity contribution in [3.05, 3.63) is 18.7 Å². The predicted octanol–water partition coefficient (Wildman–Crippen LogP) is 2.37. The number of imidazole rings is 1. The van der Waals surface area contributed by atoms with Crippen molar-refractivity contribution in [1.82, 2.24) is 19.8 Å². The molecule has 2 unspecified atom stereocenters. The maximum atomic E-state index is 4.40. The van der Waals surface area contributed by atoms with E-state index in [0.717, 1.165) is 32.0 Å². The first kappa shape index (κ1) is 17.3. The number of likely N-dealkylation sites (tertiary alicyclic amines) is 1. The van der Waals surface area contributed by atoms with Crippen LogP contribution in [0.5, 0.6) is 0 Å². The average Bonchev–Trinajstić information content (AvgIpc) is 2.95. The summed E-state index contributed by atoms with van der Waals surface area (Å²) in [5.41, 5.74) is 0. The zero-order valence-corrected chi connectivity index (χ0v) is 14.9.